The van der Waals surface area contributed by atoms with E-state index in [1.807, 2.05) is 0 Å². The smallest absolute Gasteiger partial charge is 0.424 e. The van der Waals surface area contributed by atoms with Crippen LogP contribution in [0.4, 0.5) is 29.3 Å². The van der Waals surface area contributed by atoms with Gasteiger partial charge in [-0.05, 0) is 18.2 Å². The van der Waals surface area contributed by atoms with Crippen LogP contribution in [-0.2, 0) is 0 Å². The van der Waals surface area contributed by atoms with Gasteiger partial charge >= 0.3 is 18.1 Å². The van der Waals surface area contributed by atoms with E-state index in [9.17, 15) is 28.1 Å². The SMILES string of the molecule is O=C(Nc1cccc([N+](=O)[O-])c1)NC1(C(F)(F)F)Oc2ccc(Cl)cc2O1. The predicted octanol–water partition coefficient (Wildman–Crippen LogP) is 4.06. The maximum Gasteiger partial charge on any atom is 0.492 e. The molecule has 0 fully saturated rings. The van der Waals surface area contributed by atoms with Crippen LogP contribution in [0.5, 0.6) is 11.5 Å². The molecule has 1 atom stereocenters. The van der Waals surface area contributed by atoms with E-state index in [-0.39, 0.29) is 27.9 Å². The van der Waals surface area contributed by atoms with Gasteiger partial charge in [0.25, 0.3) is 5.69 Å². The van der Waals surface area contributed by atoms with Gasteiger partial charge in [0.05, 0.1) is 4.92 Å². The first-order valence-corrected chi connectivity index (χ1v) is 7.55. The van der Waals surface area contributed by atoms with Crippen LogP contribution in [0, 0.1) is 10.1 Å². The number of fused-ring (bicyclic) bond motifs is 1. The number of rotatable bonds is 3. The van der Waals surface area contributed by atoms with Crippen LogP contribution in [0.25, 0.3) is 0 Å². The van der Waals surface area contributed by atoms with Crippen LogP contribution >= 0.6 is 11.6 Å². The molecule has 1 aliphatic rings. The molecule has 0 spiro atoms. The number of carbonyl (C=O) groups excluding carboxylic acids is 1. The molecule has 1 heterocycles. The predicted molar refractivity (Wildman–Crippen MR) is 86.7 cm³/mol. The monoisotopic (exact) mass is 403 g/mol. The molecule has 27 heavy (non-hydrogen) atoms. The van der Waals surface area contributed by atoms with Crippen molar-refractivity contribution >= 4 is 29.0 Å². The van der Waals surface area contributed by atoms with Gasteiger partial charge in [-0.2, -0.15) is 13.2 Å². The molecule has 0 aromatic heterocycles. The molecule has 2 aromatic carbocycles. The Kier molecular flexibility index (Phi) is 4.47. The number of ether oxygens (including phenoxy) is 2. The first-order valence-electron chi connectivity index (χ1n) is 7.17. The number of anilines is 1. The molecular weight excluding hydrogens is 395 g/mol. The third-order valence-corrected chi connectivity index (χ3v) is 3.61. The second-order valence-corrected chi connectivity index (χ2v) is 5.73. The van der Waals surface area contributed by atoms with E-state index < -0.39 is 23.0 Å². The van der Waals surface area contributed by atoms with Crippen molar-refractivity contribution in [2.45, 2.75) is 12.1 Å². The molecule has 3 rings (SSSR count). The average Bonchev–Trinajstić information content (AvgIpc) is 2.93. The fourth-order valence-corrected chi connectivity index (χ4v) is 2.39. The Labute approximate surface area is 154 Å². The van der Waals surface area contributed by atoms with Gasteiger partial charge in [0, 0.05) is 28.9 Å². The molecule has 12 heteroatoms. The normalized spacial score (nSPS) is 18.1. The van der Waals surface area contributed by atoms with Gasteiger partial charge in [0.2, 0.25) is 0 Å². The lowest BCUT2D eigenvalue weighted by molar-refractivity contribution is -0.384. The van der Waals surface area contributed by atoms with Crippen LogP contribution < -0.4 is 20.1 Å². The molecule has 2 amide bonds. The number of nitro groups is 1. The zero-order valence-electron chi connectivity index (χ0n) is 13.0. The first-order chi connectivity index (χ1) is 12.6. The second-order valence-electron chi connectivity index (χ2n) is 5.30. The standard InChI is InChI=1S/C15H9ClF3N3O5/c16-8-4-5-11-12(6-8)27-15(26-11,14(17,18)19)21-13(23)20-9-2-1-3-10(7-9)22(24)25/h1-7H,(H2,20,21,23). The molecule has 1 aliphatic heterocycles. The van der Waals surface area contributed by atoms with E-state index in [0.29, 0.717) is 0 Å². The topological polar surface area (TPSA) is 103 Å². The van der Waals surface area contributed by atoms with Crippen molar-refractivity contribution in [3.05, 3.63) is 57.6 Å². The Morgan fingerprint density at radius 2 is 1.85 bits per heavy atom. The maximum atomic E-state index is 13.5. The summed E-state index contributed by atoms with van der Waals surface area (Å²) in [5, 5.41) is 14.5. The third kappa shape index (κ3) is 3.67. The van der Waals surface area contributed by atoms with Gasteiger partial charge in [-0.25, -0.2) is 4.79 Å². The minimum Gasteiger partial charge on any atom is -0.424 e. The number of alkyl halides is 3. The van der Waals surface area contributed by atoms with Gasteiger partial charge in [-0.1, -0.05) is 17.7 Å². The lowest BCUT2D eigenvalue weighted by Gasteiger charge is -2.29. The van der Waals surface area contributed by atoms with Crippen molar-refractivity contribution in [1.29, 1.82) is 0 Å². The van der Waals surface area contributed by atoms with Crippen molar-refractivity contribution in [2.24, 2.45) is 0 Å². The van der Waals surface area contributed by atoms with Gasteiger partial charge in [-0.15, -0.1) is 0 Å². The first kappa shape index (κ1) is 18.6. The lowest BCUT2D eigenvalue weighted by Crippen LogP contribution is -2.65. The van der Waals surface area contributed by atoms with E-state index >= 15 is 0 Å². The highest BCUT2D eigenvalue weighted by molar-refractivity contribution is 6.30. The van der Waals surface area contributed by atoms with Crippen LogP contribution in [0.1, 0.15) is 0 Å². The van der Waals surface area contributed by atoms with E-state index in [0.717, 1.165) is 24.3 Å². The van der Waals surface area contributed by atoms with Crippen molar-refractivity contribution in [3.8, 4) is 11.5 Å². The van der Waals surface area contributed by atoms with Crippen LogP contribution in [0.15, 0.2) is 42.5 Å². The molecule has 1 unspecified atom stereocenters. The number of hydrogen-bond donors (Lipinski definition) is 2. The quantitative estimate of drug-likeness (QED) is 0.594. The lowest BCUT2D eigenvalue weighted by atomic mass is 10.3. The number of carbonyl (C=O) groups is 1. The van der Waals surface area contributed by atoms with Gasteiger partial charge in [-0.3, -0.25) is 15.4 Å². The number of non-ortho nitro benzene ring substituents is 1. The summed E-state index contributed by atoms with van der Waals surface area (Å²) in [6.45, 7) is 0. The highest BCUT2D eigenvalue weighted by Gasteiger charge is 2.65. The number of urea groups is 1. The van der Waals surface area contributed by atoms with Crippen LogP contribution in [0.2, 0.25) is 5.02 Å². The number of halogens is 4. The summed E-state index contributed by atoms with van der Waals surface area (Å²) >= 11 is 5.71. The molecule has 0 radical (unpaired) electrons. The molecule has 2 N–H and O–H groups in total. The third-order valence-electron chi connectivity index (χ3n) is 3.38. The Morgan fingerprint density at radius 3 is 2.52 bits per heavy atom. The fraction of sp³-hybridized carbons (Fsp3) is 0.133. The van der Waals surface area contributed by atoms with Crippen molar-refractivity contribution in [2.75, 3.05) is 5.32 Å². The molecule has 142 valence electrons. The van der Waals surface area contributed by atoms with E-state index in [1.165, 1.54) is 18.2 Å². The van der Waals surface area contributed by atoms with Gasteiger partial charge < -0.3 is 14.8 Å². The van der Waals surface area contributed by atoms with Crippen molar-refractivity contribution in [3.63, 3.8) is 0 Å². The summed E-state index contributed by atoms with van der Waals surface area (Å²) in [4.78, 5) is 22.1. The molecule has 0 bridgehead atoms. The zero-order valence-corrected chi connectivity index (χ0v) is 13.8. The largest absolute Gasteiger partial charge is 0.492 e. The number of amides is 2. The van der Waals surface area contributed by atoms with Crippen LogP contribution in [-0.4, -0.2) is 23.0 Å². The minimum atomic E-state index is -5.15. The highest BCUT2D eigenvalue weighted by atomic mass is 35.5. The molecular formula is C15H9ClF3N3O5. The molecule has 2 aromatic rings. The number of nitrogens with zero attached hydrogens (tertiary/aromatic N) is 1. The number of benzene rings is 2. The Balaban J connectivity index is 1.81. The Hall–Kier alpha value is -3.21. The molecule has 0 saturated heterocycles. The summed E-state index contributed by atoms with van der Waals surface area (Å²) in [6, 6.07) is 6.85. The number of hydrogen-bond acceptors (Lipinski definition) is 5. The van der Waals surface area contributed by atoms with Gasteiger partial charge in [0.1, 0.15) is 0 Å². The maximum absolute atomic E-state index is 13.5. The average molecular weight is 404 g/mol. The highest BCUT2D eigenvalue weighted by Crippen LogP contribution is 2.46. The summed E-state index contributed by atoms with van der Waals surface area (Å²) in [6.07, 6.45) is -5.15. The number of nitrogens with one attached hydrogen (secondary N) is 2. The molecule has 8 nitrogen and oxygen atoms in total. The van der Waals surface area contributed by atoms with Gasteiger partial charge in [0.15, 0.2) is 11.5 Å². The second kappa shape index (κ2) is 6.50. The van der Waals surface area contributed by atoms with E-state index in [4.69, 9.17) is 21.1 Å². The molecule has 0 aliphatic carbocycles. The minimum absolute atomic E-state index is 0.0995. The summed E-state index contributed by atoms with van der Waals surface area (Å²) in [5.74, 6) is -4.06. The van der Waals surface area contributed by atoms with E-state index in [1.54, 1.807) is 5.32 Å². The zero-order chi connectivity index (χ0) is 19.8. The molecule has 0 saturated carbocycles. The summed E-state index contributed by atoms with van der Waals surface area (Å²) in [5.41, 5.74) is -0.452. The Bertz CT molecular complexity index is 924. The van der Waals surface area contributed by atoms with Crippen molar-refractivity contribution < 1.29 is 32.4 Å². The van der Waals surface area contributed by atoms with Crippen molar-refractivity contribution in [1.82, 2.24) is 5.32 Å². The van der Waals surface area contributed by atoms with Crippen LogP contribution in [0.3, 0.4) is 0 Å². The fourth-order valence-electron chi connectivity index (χ4n) is 2.22. The Morgan fingerprint density at radius 1 is 1.15 bits per heavy atom. The van der Waals surface area contributed by atoms with E-state index in [2.05, 4.69) is 5.32 Å². The number of nitro benzene ring substituents is 1. The summed E-state index contributed by atoms with van der Waals surface area (Å²) < 4.78 is 50.2. The summed E-state index contributed by atoms with van der Waals surface area (Å²) in [7, 11) is 0.